The number of hydrogen-bond donors (Lipinski definition) is 2. The molecule has 3 N–H and O–H groups in total. The third kappa shape index (κ3) is 3.69. The SMILES string of the molecule is Cc1cc(Nc2cc(N3C[C@@H]4CC4[C@H]3CN)nc3c(-c4cnn(C)c4)cnn23)sc1S(=O)(=O)N(C)C. The summed E-state index contributed by atoms with van der Waals surface area (Å²) in [5.74, 6) is 2.85. The van der Waals surface area contributed by atoms with E-state index < -0.39 is 10.0 Å². The molecule has 0 aromatic carbocycles. The molecule has 0 bridgehead atoms. The number of piperidine rings is 1. The Balaban J connectivity index is 1.46. The Kier molecular flexibility index (Phi) is 5.37. The monoisotopic (exact) mass is 527 g/mol. The molecule has 2 aliphatic rings. The first-order valence-corrected chi connectivity index (χ1v) is 14.1. The Morgan fingerprint density at radius 1 is 1.25 bits per heavy atom. The number of sulfonamides is 1. The van der Waals surface area contributed by atoms with Gasteiger partial charge in [0.25, 0.3) is 10.0 Å². The van der Waals surface area contributed by atoms with Crippen LogP contribution in [0.3, 0.4) is 0 Å². The molecular weight excluding hydrogens is 498 g/mol. The first kappa shape index (κ1) is 23.4. The van der Waals surface area contributed by atoms with Crippen LogP contribution in [0.15, 0.2) is 34.9 Å². The molecule has 4 aromatic heterocycles. The van der Waals surface area contributed by atoms with E-state index in [4.69, 9.17) is 10.7 Å². The summed E-state index contributed by atoms with van der Waals surface area (Å²) in [5, 5.41) is 13.1. The van der Waals surface area contributed by atoms with E-state index in [9.17, 15) is 8.42 Å². The molecule has 190 valence electrons. The van der Waals surface area contributed by atoms with E-state index in [2.05, 4.69) is 20.4 Å². The molecule has 2 fully saturated rings. The molecule has 0 amide bonds. The number of aryl methyl sites for hydroxylation is 2. The van der Waals surface area contributed by atoms with Gasteiger partial charge in [-0.1, -0.05) is 0 Å². The lowest BCUT2D eigenvalue weighted by Crippen LogP contribution is -2.39. The van der Waals surface area contributed by atoms with Gasteiger partial charge in [0.15, 0.2) is 5.65 Å². The third-order valence-electron chi connectivity index (χ3n) is 7.15. The quantitative estimate of drug-likeness (QED) is 0.375. The highest BCUT2D eigenvalue weighted by Crippen LogP contribution is 2.50. The van der Waals surface area contributed by atoms with E-state index in [1.165, 1.54) is 22.1 Å². The van der Waals surface area contributed by atoms with Crippen LogP contribution in [0.5, 0.6) is 0 Å². The van der Waals surface area contributed by atoms with E-state index in [-0.39, 0.29) is 6.04 Å². The second-order valence-electron chi connectivity index (χ2n) is 9.80. The fourth-order valence-corrected chi connectivity index (χ4v) is 7.91. The molecule has 0 radical (unpaired) electrons. The molecule has 1 unspecified atom stereocenters. The maximum absolute atomic E-state index is 12.8. The molecule has 13 heteroatoms. The normalized spacial score (nSPS) is 21.5. The number of fused-ring (bicyclic) bond motifs is 2. The molecule has 36 heavy (non-hydrogen) atoms. The van der Waals surface area contributed by atoms with E-state index in [1.54, 1.807) is 35.7 Å². The summed E-state index contributed by atoms with van der Waals surface area (Å²) in [4.78, 5) is 7.35. The van der Waals surface area contributed by atoms with E-state index in [1.807, 2.05) is 32.3 Å². The highest BCUT2D eigenvalue weighted by molar-refractivity contribution is 7.91. The van der Waals surface area contributed by atoms with Crippen molar-refractivity contribution >= 4 is 43.6 Å². The molecule has 1 aliphatic heterocycles. The summed E-state index contributed by atoms with van der Waals surface area (Å²) in [6.45, 7) is 3.33. The molecule has 1 saturated heterocycles. The fourth-order valence-electron chi connectivity index (χ4n) is 5.16. The molecular formula is C23H29N9O2S2. The van der Waals surface area contributed by atoms with Crippen molar-refractivity contribution in [3.05, 3.63) is 36.3 Å². The summed E-state index contributed by atoms with van der Waals surface area (Å²) in [6, 6.07) is 4.10. The van der Waals surface area contributed by atoms with Crippen molar-refractivity contribution in [2.75, 3.05) is 37.4 Å². The van der Waals surface area contributed by atoms with Gasteiger partial charge in [-0.3, -0.25) is 4.68 Å². The molecule has 0 spiro atoms. The van der Waals surface area contributed by atoms with Crippen molar-refractivity contribution < 1.29 is 8.42 Å². The lowest BCUT2D eigenvalue weighted by molar-refractivity contribution is 0.522. The Morgan fingerprint density at radius 2 is 2.06 bits per heavy atom. The summed E-state index contributed by atoms with van der Waals surface area (Å²) in [7, 11) is 1.42. The number of rotatable bonds is 7. The van der Waals surface area contributed by atoms with Gasteiger partial charge in [-0.2, -0.15) is 14.7 Å². The summed E-state index contributed by atoms with van der Waals surface area (Å²) >= 11 is 1.21. The summed E-state index contributed by atoms with van der Waals surface area (Å²) in [6.07, 6.45) is 6.76. The van der Waals surface area contributed by atoms with Crippen molar-refractivity contribution in [1.29, 1.82) is 0 Å². The lowest BCUT2D eigenvalue weighted by Gasteiger charge is -2.28. The zero-order chi connectivity index (χ0) is 25.4. The maximum atomic E-state index is 12.8. The van der Waals surface area contributed by atoms with Gasteiger partial charge in [-0.05, 0) is 36.8 Å². The van der Waals surface area contributed by atoms with Gasteiger partial charge < -0.3 is 16.0 Å². The van der Waals surface area contributed by atoms with Gasteiger partial charge in [-0.25, -0.2) is 17.7 Å². The number of nitrogens with one attached hydrogen (secondary N) is 1. The van der Waals surface area contributed by atoms with Gasteiger partial charge >= 0.3 is 0 Å². The van der Waals surface area contributed by atoms with Gasteiger partial charge in [0, 0.05) is 63.7 Å². The topological polar surface area (TPSA) is 127 Å². The maximum Gasteiger partial charge on any atom is 0.252 e. The van der Waals surface area contributed by atoms with Crippen LogP contribution in [0, 0.1) is 18.8 Å². The summed E-state index contributed by atoms with van der Waals surface area (Å²) < 4.78 is 30.6. The lowest BCUT2D eigenvalue weighted by atomic mass is 10.2. The minimum Gasteiger partial charge on any atom is -0.352 e. The van der Waals surface area contributed by atoms with Gasteiger partial charge in [-0.15, -0.1) is 11.3 Å². The number of thiophene rings is 1. The van der Waals surface area contributed by atoms with Crippen LogP contribution in [0.2, 0.25) is 0 Å². The smallest absolute Gasteiger partial charge is 0.252 e. The number of nitrogens with two attached hydrogens (primary N) is 1. The van der Waals surface area contributed by atoms with E-state index in [0.29, 0.717) is 44.6 Å². The van der Waals surface area contributed by atoms with Crippen molar-refractivity contribution in [2.24, 2.45) is 24.6 Å². The van der Waals surface area contributed by atoms with Crippen LogP contribution in [0.25, 0.3) is 16.8 Å². The molecule has 3 atom stereocenters. The van der Waals surface area contributed by atoms with Crippen LogP contribution < -0.4 is 16.0 Å². The van der Waals surface area contributed by atoms with Gasteiger partial charge in [0.2, 0.25) is 0 Å². The predicted molar refractivity (Wildman–Crippen MR) is 140 cm³/mol. The van der Waals surface area contributed by atoms with E-state index in [0.717, 1.165) is 23.5 Å². The zero-order valence-electron chi connectivity index (χ0n) is 20.6. The number of hydrogen-bond acceptors (Lipinski definition) is 9. The van der Waals surface area contributed by atoms with Crippen molar-refractivity contribution in [1.82, 2.24) is 28.7 Å². The number of nitrogens with zero attached hydrogens (tertiary/aromatic N) is 7. The van der Waals surface area contributed by atoms with Gasteiger partial charge in [0.1, 0.15) is 15.8 Å². The Morgan fingerprint density at radius 3 is 2.75 bits per heavy atom. The standard InChI is InChI=1S/C23H29N9O2S2/c1-13-5-21(35-23(13)36(33,34)29(2)3)27-20-7-19(31-12-14-6-16(14)18(31)8-24)28-22-17(10-26-32(20)22)15-9-25-30(4)11-15/h5,7,9-11,14,16,18,27H,6,8,12,24H2,1-4H3/t14-,16?,18+/m0/s1. The minimum atomic E-state index is -3.54. The first-order valence-electron chi connectivity index (χ1n) is 11.8. The number of anilines is 3. The van der Waals surface area contributed by atoms with Crippen LogP contribution >= 0.6 is 11.3 Å². The molecule has 11 nitrogen and oxygen atoms in total. The number of aromatic nitrogens is 5. The molecule has 1 saturated carbocycles. The average molecular weight is 528 g/mol. The fraction of sp³-hybridized carbons (Fsp3) is 0.435. The molecule has 5 heterocycles. The highest BCUT2D eigenvalue weighted by Gasteiger charge is 2.52. The minimum absolute atomic E-state index is 0.267. The predicted octanol–water partition coefficient (Wildman–Crippen LogP) is 2.28. The molecule has 6 rings (SSSR count). The van der Waals surface area contributed by atoms with Crippen molar-refractivity contribution in [3.63, 3.8) is 0 Å². The first-order chi connectivity index (χ1) is 17.2. The van der Waals surface area contributed by atoms with Crippen LogP contribution in [0.4, 0.5) is 16.6 Å². The Labute approximate surface area is 213 Å². The van der Waals surface area contributed by atoms with Crippen LogP contribution in [-0.4, -0.2) is 70.3 Å². The van der Waals surface area contributed by atoms with Gasteiger partial charge in [0.05, 0.1) is 17.4 Å². The summed E-state index contributed by atoms with van der Waals surface area (Å²) in [5.41, 5.74) is 9.37. The largest absolute Gasteiger partial charge is 0.352 e. The second kappa shape index (κ2) is 8.26. The van der Waals surface area contributed by atoms with Crippen LogP contribution in [0.1, 0.15) is 12.0 Å². The highest BCUT2D eigenvalue weighted by atomic mass is 32.2. The molecule has 1 aliphatic carbocycles. The third-order valence-corrected chi connectivity index (χ3v) is 10.7. The second-order valence-corrected chi connectivity index (χ2v) is 13.2. The zero-order valence-corrected chi connectivity index (χ0v) is 22.2. The van der Waals surface area contributed by atoms with Crippen molar-refractivity contribution in [3.8, 4) is 11.1 Å². The van der Waals surface area contributed by atoms with Crippen molar-refractivity contribution in [2.45, 2.75) is 23.6 Å². The molecule has 4 aromatic rings. The average Bonchev–Trinajstić information content (AvgIpc) is 3.23. The van der Waals surface area contributed by atoms with Crippen LogP contribution in [-0.2, 0) is 17.1 Å². The van der Waals surface area contributed by atoms with E-state index >= 15 is 0 Å². The Hall–Kier alpha value is -3.00. The Bertz CT molecular complexity index is 1570.